The van der Waals surface area contributed by atoms with Crippen molar-refractivity contribution in [2.75, 3.05) is 7.11 Å². The third kappa shape index (κ3) is 8.24. The lowest BCUT2D eigenvalue weighted by atomic mass is 10.1. The molecule has 0 saturated carbocycles. The second-order valence-electron chi connectivity index (χ2n) is 3.93. The van der Waals surface area contributed by atoms with Crippen LogP contribution in [-0.2, 0) is 9.53 Å². The van der Waals surface area contributed by atoms with Gasteiger partial charge in [-0.3, -0.25) is 4.79 Å². The van der Waals surface area contributed by atoms with Gasteiger partial charge < -0.3 is 4.74 Å². The van der Waals surface area contributed by atoms with Crippen LogP contribution in [0.15, 0.2) is 0 Å². The van der Waals surface area contributed by atoms with Crippen LogP contribution >= 0.6 is 0 Å². The zero-order valence-corrected chi connectivity index (χ0v) is 9.84. The lowest BCUT2D eigenvalue weighted by Crippen LogP contribution is -2.08. The third-order valence-corrected chi connectivity index (χ3v) is 2.54. The average Bonchev–Trinajstić information content (AvgIpc) is 2.21. The summed E-state index contributed by atoms with van der Waals surface area (Å²) in [7, 11) is 1.69. The summed E-state index contributed by atoms with van der Waals surface area (Å²) in [5.41, 5.74) is 0. The number of hydrogen-bond acceptors (Lipinski definition) is 2. The summed E-state index contributed by atoms with van der Waals surface area (Å²) in [4.78, 5) is 11.4. The molecule has 0 amide bonds. The Balaban J connectivity index is 3.28. The molecule has 0 aliphatic carbocycles. The maximum Gasteiger partial charge on any atom is 0.133 e. The Bertz CT molecular complexity index is 143. The largest absolute Gasteiger partial charge is 0.382 e. The molecule has 0 bridgehead atoms. The number of unbranched alkanes of at least 4 members (excludes halogenated alkanes) is 3. The Hall–Kier alpha value is -0.370. The first kappa shape index (κ1) is 13.6. The van der Waals surface area contributed by atoms with Gasteiger partial charge in [-0.25, -0.2) is 0 Å². The van der Waals surface area contributed by atoms with Crippen LogP contribution in [0.4, 0.5) is 0 Å². The number of carbonyl (C=O) groups excluding carboxylic acids is 1. The molecule has 84 valence electrons. The van der Waals surface area contributed by atoms with Crippen molar-refractivity contribution in [1.82, 2.24) is 0 Å². The minimum absolute atomic E-state index is 0.217. The number of hydrogen-bond donors (Lipinski definition) is 0. The maximum atomic E-state index is 11.4. The van der Waals surface area contributed by atoms with Gasteiger partial charge in [-0.1, -0.05) is 26.2 Å². The summed E-state index contributed by atoms with van der Waals surface area (Å²) in [5, 5.41) is 0. The first-order valence-electron chi connectivity index (χ1n) is 5.75. The molecule has 0 radical (unpaired) electrons. The van der Waals surface area contributed by atoms with Crippen molar-refractivity contribution in [3.8, 4) is 0 Å². The van der Waals surface area contributed by atoms with Gasteiger partial charge in [-0.05, 0) is 19.8 Å². The molecule has 1 unspecified atom stereocenters. The summed E-state index contributed by atoms with van der Waals surface area (Å²) < 4.78 is 5.09. The van der Waals surface area contributed by atoms with Gasteiger partial charge >= 0.3 is 0 Å². The lowest BCUT2D eigenvalue weighted by Gasteiger charge is -2.07. The highest BCUT2D eigenvalue weighted by Gasteiger charge is 2.05. The fourth-order valence-electron chi connectivity index (χ4n) is 1.36. The van der Waals surface area contributed by atoms with E-state index in [0.717, 1.165) is 19.3 Å². The van der Waals surface area contributed by atoms with Crippen LogP contribution in [0.5, 0.6) is 0 Å². The molecule has 2 nitrogen and oxygen atoms in total. The van der Waals surface area contributed by atoms with Crippen LogP contribution in [-0.4, -0.2) is 19.0 Å². The molecule has 0 rings (SSSR count). The number of Topliss-reactive ketones (excluding diaryl/α,β-unsaturated/α-hetero) is 1. The summed E-state index contributed by atoms with van der Waals surface area (Å²) in [6, 6.07) is 0. The lowest BCUT2D eigenvalue weighted by molar-refractivity contribution is -0.119. The first-order chi connectivity index (χ1) is 6.70. The van der Waals surface area contributed by atoms with E-state index in [2.05, 4.69) is 6.92 Å². The van der Waals surface area contributed by atoms with Crippen molar-refractivity contribution in [3.63, 3.8) is 0 Å². The van der Waals surface area contributed by atoms with Gasteiger partial charge in [0.2, 0.25) is 0 Å². The van der Waals surface area contributed by atoms with Crippen molar-refractivity contribution >= 4 is 5.78 Å². The quantitative estimate of drug-likeness (QED) is 0.534. The molecule has 0 aliphatic rings. The van der Waals surface area contributed by atoms with Crippen LogP contribution in [0, 0.1) is 0 Å². The molecule has 0 heterocycles. The van der Waals surface area contributed by atoms with Crippen molar-refractivity contribution in [3.05, 3.63) is 0 Å². The molecule has 2 heteroatoms. The molecule has 0 spiro atoms. The molecule has 0 aromatic carbocycles. The van der Waals surface area contributed by atoms with Crippen LogP contribution in [0.25, 0.3) is 0 Å². The second-order valence-corrected chi connectivity index (χ2v) is 3.93. The van der Waals surface area contributed by atoms with Gasteiger partial charge in [0.15, 0.2) is 0 Å². The molecular formula is C12H24O2. The van der Waals surface area contributed by atoms with Crippen LogP contribution in [0.1, 0.15) is 58.8 Å². The monoisotopic (exact) mass is 200 g/mol. The van der Waals surface area contributed by atoms with Crippen LogP contribution in [0.3, 0.4) is 0 Å². The van der Waals surface area contributed by atoms with Gasteiger partial charge in [0, 0.05) is 20.0 Å². The van der Waals surface area contributed by atoms with E-state index in [9.17, 15) is 4.79 Å². The van der Waals surface area contributed by atoms with Gasteiger partial charge in [-0.15, -0.1) is 0 Å². The highest BCUT2D eigenvalue weighted by Crippen LogP contribution is 2.07. The Morgan fingerprint density at radius 3 is 2.50 bits per heavy atom. The van der Waals surface area contributed by atoms with Gasteiger partial charge in [0.05, 0.1) is 6.10 Å². The van der Waals surface area contributed by atoms with E-state index < -0.39 is 0 Å². The predicted octanol–water partition coefficient (Wildman–Crippen LogP) is 3.34. The Morgan fingerprint density at radius 1 is 1.21 bits per heavy atom. The van der Waals surface area contributed by atoms with E-state index in [1.165, 1.54) is 19.3 Å². The SMILES string of the molecule is CCCCCCC(=O)CCC(C)OC. The normalized spacial score (nSPS) is 12.8. The molecule has 0 N–H and O–H groups in total. The zero-order valence-electron chi connectivity index (χ0n) is 9.84. The van der Waals surface area contributed by atoms with Gasteiger partial charge in [-0.2, -0.15) is 0 Å². The number of methoxy groups -OCH3 is 1. The molecule has 0 saturated heterocycles. The fraction of sp³-hybridized carbons (Fsp3) is 0.917. The predicted molar refractivity (Wildman–Crippen MR) is 59.5 cm³/mol. The Kier molecular flexibility index (Phi) is 8.95. The van der Waals surface area contributed by atoms with Gasteiger partial charge in [0.25, 0.3) is 0 Å². The molecule has 0 fully saturated rings. The third-order valence-electron chi connectivity index (χ3n) is 2.54. The van der Waals surface area contributed by atoms with Crippen molar-refractivity contribution in [2.45, 2.75) is 64.9 Å². The smallest absolute Gasteiger partial charge is 0.133 e. The van der Waals surface area contributed by atoms with Crippen molar-refractivity contribution < 1.29 is 9.53 Å². The van der Waals surface area contributed by atoms with Crippen LogP contribution < -0.4 is 0 Å². The molecule has 14 heavy (non-hydrogen) atoms. The maximum absolute atomic E-state index is 11.4. The Labute approximate surface area is 88.0 Å². The van der Waals surface area contributed by atoms with Crippen LogP contribution in [0.2, 0.25) is 0 Å². The molecule has 1 atom stereocenters. The summed E-state index contributed by atoms with van der Waals surface area (Å²) >= 11 is 0. The second kappa shape index (κ2) is 9.20. The van der Waals surface area contributed by atoms with Crippen molar-refractivity contribution in [2.24, 2.45) is 0 Å². The number of carbonyl (C=O) groups is 1. The minimum atomic E-state index is 0.217. The number of ketones is 1. The van der Waals surface area contributed by atoms with E-state index in [1.54, 1.807) is 7.11 Å². The van der Waals surface area contributed by atoms with E-state index in [0.29, 0.717) is 12.2 Å². The van der Waals surface area contributed by atoms with E-state index in [-0.39, 0.29) is 6.10 Å². The molecular weight excluding hydrogens is 176 g/mol. The fourth-order valence-corrected chi connectivity index (χ4v) is 1.36. The average molecular weight is 200 g/mol. The molecule has 0 aromatic rings. The van der Waals surface area contributed by atoms with Gasteiger partial charge in [0.1, 0.15) is 5.78 Å². The highest BCUT2D eigenvalue weighted by molar-refractivity contribution is 5.78. The Morgan fingerprint density at radius 2 is 1.93 bits per heavy atom. The zero-order chi connectivity index (χ0) is 10.8. The number of ether oxygens (including phenoxy) is 1. The highest BCUT2D eigenvalue weighted by atomic mass is 16.5. The molecule has 0 aliphatic heterocycles. The van der Waals surface area contributed by atoms with Crippen molar-refractivity contribution in [1.29, 1.82) is 0 Å². The summed E-state index contributed by atoms with van der Waals surface area (Å²) in [5.74, 6) is 0.394. The first-order valence-corrected chi connectivity index (χ1v) is 5.75. The van der Waals surface area contributed by atoms with E-state index in [1.807, 2.05) is 6.92 Å². The summed E-state index contributed by atoms with van der Waals surface area (Å²) in [6.45, 7) is 4.19. The minimum Gasteiger partial charge on any atom is -0.382 e. The standard InChI is InChI=1S/C12H24O2/c1-4-5-6-7-8-12(13)10-9-11(2)14-3/h11H,4-10H2,1-3H3. The summed E-state index contributed by atoms with van der Waals surface area (Å²) in [6.07, 6.45) is 7.27. The van der Waals surface area contributed by atoms with E-state index in [4.69, 9.17) is 4.74 Å². The molecule has 0 aromatic heterocycles. The topological polar surface area (TPSA) is 26.3 Å². The number of rotatable bonds is 9. The van der Waals surface area contributed by atoms with E-state index >= 15 is 0 Å².